The highest BCUT2D eigenvalue weighted by Crippen LogP contribution is 2.28. The minimum Gasteiger partial charge on any atom is -0.493 e. The number of piperidine rings is 1. The summed E-state index contributed by atoms with van der Waals surface area (Å²) in [7, 11) is 1.57. The number of benzene rings is 1. The fraction of sp³-hybridized carbons (Fsp3) is 0.556. The fourth-order valence-corrected chi connectivity index (χ4v) is 2.78. The van der Waals surface area contributed by atoms with Gasteiger partial charge in [0.1, 0.15) is 0 Å². The van der Waals surface area contributed by atoms with Crippen molar-refractivity contribution < 1.29 is 23.8 Å². The van der Waals surface area contributed by atoms with Crippen molar-refractivity contribution in [3.63, 3.8) is 0 Å². The predicted molar refractivity (Wildman–Crippen MR) is 89.2 cm³/mol. The summed E-state index contributed by atoms with van der Waals surface area (Å²) in [5.41, 5.74) is 1.05. The Hall–Kier alpha value is -2.24. The molecule has 1 aromatic carbocycles. The second-order valence-electron chi connectivity index (χ2n) is 5.87. The summed E-state index contributed by atoms with van der Waals surface area (Å²) < 4.78 is 15.9. The van der Waals surface area contributed by atoms with E-state index in [9.17, 15) is 9.59 Å². The Balaban J connectivity index is 1.91. The van der Waals surface area contributed by atoms with Crippen LogP contribution >= 0.6 is 0 Å². The SMILES string of the molecule is CCOC(=O)[C@@H]1CCCN(C(=O)COc2ccc(C)cc2OC)C1. The molecule has 0 N–H and O–H groups in total. The number of aryl methyl sites for hydroxylation is 1. The van der Waals surface area contributed by atoms with Gasteiger partial charge in [0.2, 0.25) is 0 Å². The third kappa shape index (κ3) is 4.63. The first-order valence-corrected chi connectivity index (χ1v) is 8.27. The Labute approximate surface area is 142 Å². The molecule has 1 heterocycles. The van der Waals surface area contributed by atoms with Crippen molar-refractivity contribution in [1.82, 2.24) is 4.90 Å². The summed E-state index contributed by atoms with van der Waals surface area (Å²) in [5, 5.41) is 0. The first-order chi connectivity index (χ1) is 11.5. The summed E-state index contributed by atoms with van der Waals surface area (Å²) in [6.07, 6.45) is 1.55. The monoisotopic (exact) mass is 335 g/mol. The molecule has 0 bridgehead atoms. The van der Waals surface area contributed by atoms with Crippen LogP contribution in [0.25, 0.3) is 0 Å². The van der Waals surface area contributed by atoms with Crippen LogP contribution in [0.2, 0.25) is 0 Å². The van der Waals surface area contributed by atoms with E-state index >= 15 is 0 Å². The van der Waals surface area contributed by atoms with Crippen molar-refractivity contribution in [2.75, 3.05) is 33.4 Å². The number of hydrogen-bond acceptors (Lipinski definition) is 5. The van der Waals surface area contributed by atoms with Gasteiger partial charge in [0, 0.05) is 13.1 Å². The molecule has 1 fully saturated rings. The van der Waals surface area contributed by atoms with Crippen LogP contribution in [-0.4, -0.2) is 50.2 Å². The van der Waals surface area contributed by atoms with Crippen molar-refractivity contribution in [3.05, 3.63) is 23.8 Å². The largest absolute Gasteiger partial charge is 0.493 e. The highest BCUT2D eigenvalue weighted by atomic mass is 16.5. The third-order valence-electron chi connectivity index (χ3n) is 4.06. The molecule has 0 aromatic heterocycles. The molecule has 1 saturated heterocycles. The maximum Gasteiger partial charge on any atom is 0.310 e. The smallest absolute Gasteiger partial charge is 0.310 e. The van der Waals surface area contributed by atoms with Crippen molar-refractivity contribution >= 4 is 11.9 Å². The Morgan fingerprint density at radius 1 is 1.29 bits per heavy atom. The van der Waals surface area contributed by atoms with E-state index in [4.69, 9.17) is 14.2 Å². The number of amides is 1. The maximum atomic E-state index is 12.4. The summed E-state index contributed by atoms with van der Waals surface area (Å²) in [5.74, 6) is 0.542. The number of hydrogen-bond donors (Lipinski definition) is 0. The zero-order valence-corrected chi connectivity index (χ0v) is 14.5. The van der Waals surface area contributed by atoms with Gasteiger partial charge in [-0.25, -0.2) is 0 Å². The summed E-state index contributed by atoms with van der Waals surface area (Å²) in [4.78, 5) is 25.9. The van der Waals surface area contributed by atoms with Crippen LogP contribution in [0.1, 0.15) is 25.3 Å². The number of methoxy groups -OCH3 is 1. The Bertz CT molecular complexity index is 587. The minimum absolute atomic E-state index is 0.0744. The van der Waals surface area contributed by atoms with Crippen LogP contribution in [0, 0.1) is 12.8 Å². The fourth-order valence-electron chi connectivity index (χ4n) is 2.78. The molecule has 1 aliphatic heterocycles. The van der Waals surface area contributed by atoms with E-state index in [1.807, 2.05) is 19.1 Å². The molecule has 1 aliphatic rings. The van der Waals surface area contributed by atoms with Gasteiger partial charge in [0.05, 0.1) is 19.6 Å². The van der Waals surface area contributed by atoms with Gasteiger partial charge in [-0.2, -0.15) is 0 Å². The van der Waals surface area contributed by atoms with Gasteiger partial charge in [-0.3, -0.25) is 9.59 Å². The van der Waals surface area contributed by atoms with Crippen LogP contribution < -0.4 is 9.47 Å². The molecule has 1 atom stereocenters. The van der Waals surface area contributed by atoms with Gasteiger partial charge in [0.25, 0.3) is 5.91 Å². The molecule has 2 rings (SSSR count). The van der Waals surface area contributed by atoms with Gasteiger partial charge in [-0.05, 0) is 44.4 Å². The van der Waals surface area contributed by atoms with Crippen LogP contribution in [0.15, 0.2) is 18.2 Å². The van der Waals surface area contributed by atoms with E-state index in [0.29, 0.717) is 31.2 Å². The van der Waals surface area contributed by atoms with E-state index in [1.165, 1.54) is 0 Å². The van der Waals surface area contributed by atoms with E-state index in [1.54, 1.807) is 25.0 Å². The average Bonchev–Trinajstić information content (AvgIpc) is 2.60. The number of carbonyl (C=O) groups is 2. The second-order valence-corrected chi connectivity index (χ2v) is 5.87. The zero-order chi connectivity index (χ0) is 17.5. The Morgan fingerprint density at radius 2 is 2.08 bits per heavy atom. The Kier molecular flexibility index (Phi) is 6.46. The number of rotatable bonds is 6. The third-order valence-corrected chi connectivity index (χ3v) is 4.06. The number of esters is 1. The molecular formula is C18H25NO5. The standard InChI is InChI=1S/C18H25NO5/c1-4-23-18(21)14-6-5-9-19(11-14)17(20)12-24-15-8-7-13(2)10-16(15)22-3/h7-8,10,14H,4-6,9,11-12H2,1-3H3/t14-/m1/s1. The maximum absolute atomic E-state index is 12.4. The lowest BCUT2D eigenvalue weighted by atomic mass is 9.98. The summed E-state index contributed by atoms with van der Waals surface area (Å²) >= 11 is 0. The molecule has 1 amide bonds. The number of carbonyl (C=O) groups excluding carboxylic acids is 2. The molecule has 24 heavy (non-hydrogen) atoms. The van der Waals surface area contributed by atoms with Crippen molar-refractivity contribution in [3.8, 4) is 11.5 Å². The molecule has 0 unspecified atom stereocenters. The predicted octanol–water partition coefficient (Wildman–Crippen LogP) is 2.18. The van der Waals surface area contributed by atoms with Gasteiger partial charge < -0.3 is 19.1 Å². The first kappa shape index (κ1) is 18.1. The van der Waals surface area contributed by atoms with E-state index in [0.717, 1.165) is 18.4 Å². The van der Waals surface area contributed by atoms with E-state index < -0.39 is 0 Å². The van der Waals surface area contributed by atoms with Crippen LogP contribution in [0.3, 0.4) is 0 Å². The molecule has 0 aliphatic carbocycles. The quantitative estimate of drug-likeness (QED) is 0.746. The van der Waals surface area contributed by atoms with Crippen molar-refractivity contribution in [2.24, 2.45) is 5.92 Å². The number of likely N-dealkylation sites (tertiary alicyclic amines) is 1. The second kappa shape index (κ2) is 8.57. The normalized spacial score (nSPS) is 17.3. The lowest BCUT2D eigenvalue weighted by Crippen LogP contribution is -2.44. The number of nitrogens with zero attached hydrogens (tertiary/aromatic N) is 1. The molecule has 1 aromatic rings. The highest BCUT2D eigenvalue weighted by Gasteiger charge is 2.29. The van der Waals surface area contributed by atoms with E-state index in [2.05, 4.69) is 0 Å². The molecule has 0 spiro atoms. The molecular weight excluding hydrogens is 310 g/mol. The lowest BCUT2D eigenvalue weighted by Gasteiger charge is -2.31. The van der Waals surface area contributed by atoms with Gasteiger partial charge in [-0.15, -0.1) is 0 Å². The topological polar surface area (TPSA) is 65.1 Å². The summed E-state index contributed by atoms with van der Waals surface area (Å²) in [6, 6.07) is 5.55. The summed E-state index contributed by atoms with van der Waals surface area (Å²) in [6.45, 7) is 5.07. The van der Waals surface area contributed by atoms with Crippen LogP contribution in [-0.2, 0) is 14.3 Å². The molecule has 0 radical (unpaired) electrons. The zero-order valence-electron chi connectivity index (χ0n) is 14.5. The first-order valence-electron chi connectivity index (χ1n) is 8.27. The lowest BCUT2D eigenvalue weighted by molar-refractivity contribution is -0.151. The molecule has 6 heteroatoms. The average molecular weight is 335 g/mol. The van der Waals surface area contributed by atoms with Gasteiger partial charge in [-0.1, -0.05) is 6.07 Å². The molecule has 132 valence electrons. The Morgan fingerprint density at radius 3 is 2.79 bits per heavy atom. The van der Waals surface area contributed by atoms with Crippen LogP contribution in [0.4, 0.5) is 0 Å². The van der Waals surface area contributed by atoms with Crippen molar-refractivity contribution in [1.29, 1.82) is 0 Å². The van der Waals surface area contributed by atoms with Gasteiger partial charge in [0.15, 0.2) is 18.1 Å². The van der Waals surface area contributed by atoms with Gasteiger partial charge >= 0.3 is 5.97 Å². The van der Waals surface area contributed by atoms with Crippen LogP contribution in [0.5, 0.6) is 11.5 Å². The molecule has 0 saturated carbocycles. The van der Waals surface area contributed by atoms with E-state index in [-0.39, 0.29) is 24.4 Å². The molecule has 6 nitrogen and oxygen atoms in total. The highest BCUT2D eigenvalue weighted by molar-refractivity contribution is 5.79. The van der Waals surface area contributed by atoms with Crippen molar-refractivity contribution in [2.45, 2.75) is 26.7 Å². The number of ether oxygens (including phenoxy) is 3. The minimum atomic E-state index is -0.239.